The van der Waals surface area contributed by atoms with Gasteiger partial charge in [-0.1, -0.05) is 35.7 Å². The average molecular weight is 524 g/mol. The highest BCUT2D eigenvalue weighted by Crippen LogP contribution is 2.35. The van der Waals surface area contributed by atoms with Crippen molar-refractivity contribution >= 4 is 39.8 Å². The normalized spacial score (nSPS) is 17.7. The molecule has 2 fully saturated rings. The molecule has 3 heterocycles. The summed E-state index contributed by atoms with van der Waals surface area (Å²) >= 11 is 7.35. The molecule has 1 unspecified atom stereocenters. The van der Waals surface area contributed by atoms with Crippen LogP contribution >= 0.6 is 22.9 Å². The largest absolute Gasteiger partial charge is 0.367 e. The second kappa shape index (κ2) is 10.1. The van der Waals surface area contributed by atoms with Crippen molar-refractivity contribution in [3.8, 4) is 12.3 Å². The van der Waals surface area contributed by atoms with Crippen molar-refractivity contribution in [2.75, 3.05) is 49.5 Å². The molecule has 0 aliphatic carbocycles. The number of carbonyl (C=O) groups excluding carboxylic acids is 1. The fourth-order valence-corrected chi connectivity index (χ4v) is 5.55. The summed E-state index contributed by atoms with van der Waals surface area (Å²) < 4.78 is 14.8. The van der Waals surface area contributed by atoms with Crippen LogP contribution in [-0.4, -0.2) is 55.2 Å². The molecular weight excluding hydrogens is 497 g/mol. The quantitative estimate of drug-likeness (QED) is 0.466. The highest BCUT2D eigenvalue weighted by Gasteiger charge is 2.34. The number of terminal acetylenes is 1. The number of hydrogen-bond acceptors (Lipinski definition) is 5. The maximum atomic E-state index is 14.8. The lowest BCUT2D eigenvalue weighted by molar-refractivity contribution is 0.164. The van der Waals surface area contributed by atoms with Crippen LogP contribution in [0.25, 0.3) is 0 Å². The number of benzene rings is 2. The van der Waals surface area contributed by atoms with Gasteiger partial charge >= 0.3 is 6.03 Å². The molecule has 186 valence electrons. The van der Waals surface area contributed by atoms with E-state index >= 15 is 0 Å². The van der Waals surface area contributed by atoms with Crippen LogP contribution in [0, 0.1) is 18.2 Å². The van der Waals surface area contributed by atoms with Crippen molar-refractivity contribution < 1.29 is 9.18 Å². The molecule has 2 aliphatic heterocycles. The van der Waals surface area contributed by atoms with E-state index in [1.807, 2.05) is 36.6 Å². The zero-order chi connectivity index (χ0) is 25.3. The highest BCUT2D eigenvalue weighted by atomic mass is 35.5. The number of hydrogen-bond donors (Lipinski definition) is 2. The number of nitrogens with one attached hydrogen (secondary N) is 2. The molecule has 2 amide bonds. The van der Waals surface area contributed by atoms with Gasteiger partial charge in [0.1, 0.15) is 5.82 Å². The molecule has 2 saturated heterocycles. The van der Waals surface area contributed by atoms with E-state index in [1.54, 1.807) is 23.1 Å². The number of piperazine rings is 1. The number of halogens is 2. The van der Waals surface area contributed by atoms with Crippen LogP contribution in [0.1, 0.15) is 29.7 Å². The zero-order valence-electron chi connectivity index (χ0n) is 19.9. The van der Waals surface area contributed by atoms with Gasteiger partial charge in [-0.2, -0.15) is 0 Å². The first-order valence-corrected chi connectivity index (χ1v) is 13.1. The number of anilines is 2. The van der Waals surface area contributed by atoms with Gasteiger partial charge in [0, 0.05) is 55.6 Å². The molecule has 6 nitrogen and oxygen atoms in total. The minimum absolute atomic E-state index is 0.115. The lowest BCUT2D eigenvalue weighted by atomic mass is 9.81. The van der Waals surface area contributed by atoms with E-state index < -0.39 is 5.41 Å². The molecule has 36 heavy (non-hydrogen) atoms. The Labute approximate surface area is 219 Å². The van der Waals surface area contributed by atoms with Crippen molar-refractivity contribution in [3.63, 3.8) is 0 Å². The maximum Gasteiger partial charge on any atom is 0.323 e. The molecular formula is C27H27ClFN5OS. The SMILES string of the molecule is C#CC(C)(c1ccc(Cl)cc1)c1csc(NC(=O)N2CC(c3ccc(N4CCNCC4)c(F)c3)C2)n1. The Kier molecular flexibility index (Phi) is 6.89. The van der Waals surface area contributed by atoms with Gasteiger partial charge in [-0.05, 0) is 42.3 Å². The number of likely N-dealkylation sites (tertiary alicyclic amines) is 1. The van der Waals surface area contributed by atoms with Crippen LogP contribution in [0.5, 0.6) is 0 Å². The predicted octanol–water partition coefficient (Wildman–Crippen LogP) is 4.92. The maximum absolute atomic E-state index is 14.8. The Bertz CT molecular complexity index is 1290. The molecule has 5 rings (SSSR count). The molecule has 0 bridgehead atoms. The molecule has 1 atom stereocenters. The Morgan fingerprint density at radius 1 is 1.25 bits per heavy atom. The van der Waals surface area contributed by atoms with Crippen LogP contribution in [0.4, 0.5) is 20.0 Å². The first kappa shape index (κ1) is 24.6. The Morgan fingerprint density at radius 2 is 1.97 bits per heavy atom. The Hall–Kier alpha value is -3.12. The minimum Gasteiger partial charge on any atom is -0.367 e. The summed E-state index contributed by atoms with van der Waals surface area (Å²) in [4.78, 5) is 21.1. The molecule has 2 aliphatic rings. The number of nitrogens with zero attached hydrogens (tertiary/aromatic N) is 3. The van der Waals surface area contributed by atoms with Crippen LogP contribution in [0.15, 0.2) is 47.8 Å². The van der Waals surface area contributed by atoms with Crippen molar-refractivity contribution in [2.45, 2.75) is 18.3 Å². The standard InChI is InChI=1S/C27H27ClFN5OS/c1-3-27(2,20-5-7-21(28)8-6-20)24-17-36-25(31-24)32-26(35)34-15-19(16-34)18-4-9-23(22(29)14-18)33-12-10-30-11-13-33/h1,4-9,14,17,19,30H,10-13,15-16H2,2H3,(H,31,32,35). The summed E-state index contributed by atoms with van der Waals surface area (Å²) in [6, 6.07) is 12.6. The molecule has 1 aromatic heterocycles. The van der Waals surface area contributed by atoms with E-state index in [-0.39, 0.29) is 17.8 Å². The van der Waals surface area contributed by atoms with Gasteiger partial charge in [-0.25, -0.2) is 14.2 Å². The lowest BCUT2D eigenvalue weighted by Crippen LogP contribution is -2.50. The third-order valence-corrected chi connectivity index (χ3v) is 8.02. The Balaban J connectivity index is 1.19. The number of carbonyl (C=O) groups is 1. The van der Waals surface area contributed by atoms with Gasteiger partial charge in [0.15, 0.2) is 5.13 Å². The fraction of sp³-hybridized carbons (Fsp3) is 0.333. The van der Waals surface area contributed by atoms with Crippen molar-refractivity contribution in [2.24, 2.45) is 0 Å². The topological polar surface area (TPSA) is 60.5 Å². The summed E-state index contributed by atoms with van der Waals surface area (Å²) in [5.41, 5.74) is 2.41. The van der Waals surface area contributed by atoms with Crippen molar-refractivity contribution in [3.05, 3.63) is 75.5 Å². The summed E-state index contributed by atoms with van der Waals surface area (Å²) in [6.45, 7) is 6.30. The van der Waals surface area contributed by atoms with Gasteiger partial charge in [0.05, 0.1) is 16.8 Å². The van der Waals surface area contributed by atoms with Crippen molar-refractivity contribution in [1.82, 2.24) is 15.2 Å². The first-order valence-electron chi connectivity index (χ1n) is 11.9. The number of rotatable bonds is 5. The van der Waals surface area contributed by atoms with E-state index in [0.29, 0.717) is 34.6 Å². The van der Waals surface area contributed by atoms with Gasteiger partial charge in [0.2, 0.25) is 0 Å². The van der Waals surface area contributed by atoms with Crippen LogP contribution < -0.4 is 15.5 Å². The van der Waals surface area contributed by atoms with E-state index in [1.165, 1.54) is 11.3 Å². The molecule has 9 heteroatoms. The fourth-order valence-electron chi connectivity index (χ4n) is 4.61. The monoisotopic (exact) mass is 523 g/mol. The summed E-state index contributed by atoms with van der Waals surface area (Å²) in [6.07, 6.45) is 5.89. The highest BCUT2D eigenvalue weighted by molar-refractivity contribution is 7.14. The van der Waals surface area contributed by atoms with E-state index in [4.69, 9.17) is 18.0 Å². The van der Waals surface area contributed by atoms with Gasteiger partial charge in [-0.15, -0.1) is 17.8 Å². The van der Waals surface area contributed by atoms with E-state index in [9.17, 15) is 9.18 Å². The number of thiazole rings is 1. The summed E-state index contributed by atoms with van der Waals surface area (Å²) in [5, 5.41) is 9.14. The van der Waals surface area contributed by atoms with Gasteiger partial charge in [0.25, 0.3) is 0 Å². The number of urea groups is 1. The van der Waals surface area contributed by atoms with Crippen LogP contribution in [0.3, 0.4) is 0 Å². The first-order chi connectivity index (χ1) is 17.4. The van der Waals surface area contributed by atoms with Gasteiger partial charge in [-0.3, -0.25) is 5.32 Å². The van der Waals surface area contributed by atoms with Crippen LogP contribution in [-0.2, 0) is 5.41 Å². The smallest absolute Gasteiger partial charge is 0.323 e. The van der Waals surface area contributed by atoms with Crippen LogP contribution in [0.2, 0.25) is 5.02 Å². The molecule has 2 aromatic carbocycles. The molecule has 2 N–H and O–H groups in total. The summed E-state index contributed by atoms with van der Waals surface area (Å²) in [5.74, 6) is 2.75. The third kappa shape index (κ3) is 4.79. The lowest BCUT2D eigenvalue weighted by Gasteiger charge is -2.39. The average Bonchev–Trinajstić information content (AvgIpc) is 3.33. The predicted molar refractivity (Wildman–Crippen MR) is 144 cm³/mol. The van der Waals surface area contributed by atoms with E-state index in [2.05, 4.69) is 26.4 Å². The second-order valence-electron chi connectivity index (χ2n) is 9.29. The number of amides is 2. The zero-order valence-corrected chi connectivity index (χ0v) is 21.5. The van der Waals surface area contributed by atoms with Gasteiger partial charge < -0.3 is 15.1 Å². The second-order valence-corrected chi connectivity index (χ2v) is 10.6. The molecule has 0 radical (unpaired) electrons. The summed E-state index contributed by atoms with van der Waals surface area (Å²) in [7, 11) is 0. The van der Waals surface area contributed by atoms with E-state index in [0.717, 1.165) is 37.3 Å². The molecule has 0 saturated carbocycles. The van der Waals surface area contributed by atoms with Crippen molar-refractivity contribution in [1.29, 1.82) is 0 Å². The Morgan fingerprint density at radius 3 is 2.64 bits per heavy atom. The minimum atomic E-state index is -0.743. The molecule has 3 aromatic rings. The molecule has 0 spiro atoms. The number of aromatic nitrogens is 1. The third-order valence-electron chi connectivity index (χ3n) is 7.01.